The Morgan fingerprint density at radius 2 is 1.87 bits per heavy atom. The molecule has 8 nitrogen and oxygen atoms in total. The highest BCUT2D eigenvalue weighted by atomic mass is 32.2. The van der Waals surface area contributed by atoms with E-state index in [4.69, 9.17) is 19.2 Å². The Kier molecular flexibility index (Phi) is 6.85. The van der Waals surface area contributed by atoms with Crippen molar-refractivity contribution in [2.45, 2.75) is 11.4 Å². The van der Waals surface area contributed by atoms with Crippen LogP contribution in [0.1, 0.15) is 21.7 Å². The molecule has 0 saturated carbocycles. The highest BCUT2D eigenvalue weighted by Gasteiger charge is 2.17. The van der Waals surface area contributed by atoms with Gasteiger partial charge in [-0.3, -0.25) is 0 Å². The molecule has 1 aromatic heterocycles. The summed E-state index contributed by atoms with van der Waals surface area (Å²) in [6.07, 6.45) is 1.45. The number of hydrogen-bond donors (Lipinski definition) is 1. The van der Waals surface area contributed by atoms with E-state index in [0.29, 0.717) is 17.1 Å². The summed E-state index contributed by atoms with van der Waals surface area (Å²) in [7, 11) is -3.82. The Bertz CT molecular complexity index is 1130. The lowest BCUT2D eigenvalue weighted by Gasteiger charge is -2.09. The van der Waals surface area contributed by atoms with Crippen molar-refractivity contribution >= 4 is 16.0 Å². The second kappa shape index (κ2) is 9.73. The number of hydrogen-bond acceptors (Lipinski definition) is 7. The summed E-state index contributed by atoms with van der Waals surface area (Å²) in [6.45, 7) is 0.0869. The van der Waals surface area contributed by atoms with Crippen LogP contribution in [0.4, 0.5) is 0 Å². The van der Waals surface area contributed by atoms with E-state index in [2.05, 4.69) is 4.72 Å². The van der Waals surface area contributed by atoms with Crippen molar-refractivity contribution in [1.29, 1.82) is 5.26 Å². The van der Waals surface area contributed by atoms with E-state index in [1.54, 1.807) is 36.4 Å². The molecule has 0 aliphatic heterocycles. The van der Waals surface area contributed by atoms with Gasteiger partial charge in [-0.25, -0.2) is 17.9 Å². The summed E-state index contributed by atoms with van der Waals surface area (Å²) in [4.78, 5) is 12.2. The van der Waals surface area contributed by atoms with Gasteiger partial charge in [0.1, 0.15) is 24.7 Å². The molecule has 0 amide bonds. The topological polar surface area (TPSA) is 119 Å². The van der Waals surface area contributed by atoms with Crippen molar-refractivity contribution in [2.75, 3.05) is 13.2 Å². The van der Waals surface area contributed by atoms with E-state index in [0.717, 1.165) is 0 Å². The minimum absolute atomic E-state index is 0.00328. The number of ether oxygens (including phenoxy) is 2. The van der Waals surface area contributed by atoms with Crippen molar-refractivity contribution in [3.8, 4) is 11.8 Å². The quantitative estimate of drug-likeness (QED) is 0.413. The number of sulfonamides is 1. The molecule has 1 heterocycles. The fourth-order valence-electron chi connectivity index (χ4n) is 2.46. The summed E-state index contributed by atoms with van der Waals surface area (Å²) in [6, 6.07) is 17.4. The Balaban J connectivity index is 1.52. The van der Waals surface area contributed by atoms with Crippen LogP contribution in [0.5, 0.6) is 5.75 Å². The van der Waals surface area contributed by atoms with Crippen LogP contribution in [0.25, 0.3) is 0 Å². The first-order valence-corrected chi connectivity index (χ1v) is 10.4. The highest BCUT2D eigenvalue weighted by molar-refractivity contribution is 7.89. The maximum Gasteiger partial charge on any atom is 0.338 e. The van der Waals surface area contributed by atoms with Gasteiger partial charge in [0.2, 0.25) is 10.0 Å². The molecule has 0 aliphatic rings. The van der Waals surface area contributed by atoms with Crippen LogP contribution in [0, 0.1) is 11.3 Å². The van der Waals surface area contributed by atoms with Crippen molar-refractivity contribution in [3.05, 3.63) is 83.8 Å². The average molecular weight is 426 g/mol. The summed E-state index contributed by atoms with van der Waals surface area (Å²) < 4.78 is 42.9. The Morgan fingerprint density at radius 1 is 1.07 bits per heavy atom. The van der Waals surface area contributed by atoms with Crippen LogP contribution < -0.4 is 9.46 Å². The van der Waals surface area contributed by atoms with Crippen LogP contribution in [-0.2, 0) is 21.3 Å². The zero-order valence-electron chi connectivity index (χ0n) is 15.8. The molecule has 0 fully saturated rings. The molecule has 3 aromatic rings. The predicted molar refractivity (Wildman–Crippen MR) is 106 cm³/mol. The molecule has 0 spiro atoms. The maximum atomic E-state index is 12.4. The summed E-state index contributed by atoms with van der Waals surface area (Å²) in [5.41, 5.74) is 0.622. The van der Waals surface area contributed by atoms with E-state index < -0.39 is 16.0 Å². The minimum Gasteiger partial charge on any atom is -0.490 e. The first kappa shape index (κ1) is 21.1. The number of rotatable bonds is 9. The fourth-order valence-corrected chi connectivity index (χ4v) is 3.49. The van der Waals surface area contributed by atoms with E-state index in [-0.39, 0.29) is 30.2 Å². The summed E-state index contributed by atoms with van der Waals surface area (Å²) >= 11 is 0. The zero-order chi connectivity index (χ0) is 21.4. The van der Waals surface area contributed by atoms with Crippen molar-refractivity contribution in [1.82, 2.24) is 4.72 Å². The largest absolute Gasteiger partial charge is 0.490 e. The van der Waals surface area contributed by atoms with Gasteiger partial charge in [-0.15, -0.1) is 0 Å². The fraction of sp³-hybridized carbons (Fsp3) is 0.143. The Hall–Kier alpha value is -3.61. The molecule has 0 unspecified atom stereocenters. The molecule has 30 heavy (non-hydrogen) atoms. The van der Waals surface area contributed by atoms with Gasteiger partial charge >= 0.3 is 5.97 Å². The molecule has 0 bridgehead atoms. The molecule has 9 heteroatoms. The lowest BCUT2D eigenvalue weighted by Crippen LogP contribution is -2.23. The van der Waals surface area contributed by atoms with Crippen molar-refractivity contribution < 1.29 is 27.1 Å². The standard InChI is InChI=1S/C21H18N2O6S/c22-14-16-6-8-18(9-7-16)28-11-12-29-21(24)17-3-1-5-20(13-17)30(25,26)23-15-19-4-2-10-27-19/h1-10,13,23H,11-12,15H2. The van der Waals surface area contributed by atoms with Crippen LogP contribution in [-0.4, -0.2) is 27.6 Å². The van der Waals surface area contributed by atoms with Gasteiger partial charge in [0.05, 0.1) is 34.9 Å². The first-order chi connectivity index (χ1) is 14.5. The molecular weight excluding hydrogens is 408 g/mol. The van der Waals surface area contributed by atoms with Crippen LogP contribution in [0.3, 0.4) is 0 Å². The third-order valence-corrected chi connectivity index (χ3v) is 5.36. The molecular formula is C21H18N2O6S. The molecule has 0 aliphatic carbocycles. The number of carbonyl (C=O) groups excluding carboxylic acids is 1. The second-order valence-electron chi connectivity index (χ2n) is 6.05. The van der Waals surface area contributed by atoms with Gasteiger partial charge < -0.3 is 13.9 Å². The van der Waals surface area contributed by atoms with E-state index >= 15 is 0 Å². The van der Waals surface area contributed by atoms with Gasteiger partial charge in [-0.1, -0.05) is 6.07 Å². The Labute approximate surface area is 173 Å². The molecule has 1 N–H and O–H groups in total. The second-order valence-corrected chi connectivity index (χ2v) is 7.82. The molecule has 2 aromatic carbocycles. The third-order valence-electron chi connectivity index (χ3n) is 3.97. The summed E-state index contributed by atoms with van der Waals surface area (Å²) in [5.74, 6) is 0.346. The third kappa shape index (κ3) is 5.70. The zero-order valence-corrected chi connectivity index (χ0v) is 16.6. The number of nitrogens with zero attached hydrogens (tertiary/aromatic N) is 1. The minimum atomic E-state index is -3.82. The lowest BCUT2D eigenvalue weighted by molar-refractivity contribution is 0.0450. The van der Waals surface area contributed by atoms with Crippen molar-refractivity contribution in [3.63, 3.8) is 0 Å². The number of carbonyl (C=O) groups is 1. The van der Waals surface area contributed by atoms with Gasteiger partial charge in [-0.2, -0.15) is 5.26 Å². The monoisotopic (exact) mass is 426 g/mol. The van der Waals surface area contributed by atoms with Crippen LogP contribution in [0.15, 0.2) is 76.2 Å². The van der Waals surface area contributed by atoms with Gasteiger partial charge in [-0.05, 0) is 54.6 Å². The molecule has 0 atom stereocenters. The predicted octanol–water partition coefficient (Wildman–Crippen LogP) is 2.87. The lowest BCUT2D eigenvalue weighted by atomic mass is 10.2. The first-order valence-electron chi connectivity index (χ1n) is 8.90. The smallest absolute Gasteiger partial charge is 0.338 e. The summed E-state index contributed by atoms with van der Waals surface area (Å²) in [5, 5.41) is 8.76. The molecule has 0 saturated heterocycles. The van der Waals surface area contributed by atoms with E-state index in [9.17, 15) is 13.2 Å². The van der Waals surface area contributed by atoms with Crippen molar-refractivity contribution in [2.24, 2.45) is 0 Å². The van der Waals surface area contributed by atoms with E-state index in [1.165, 1.54) is 30.5 Å². The maximum absolute atomic E-state index is 12.4. The average Bonchev–Trinajstić information content (AvgIpc) is 3.29. The Morgan fingerprint density at radius 3 is 2.57 bits per heavy atom. The van der Waals surface area contributed by atoms with Gasteiger partial charge in [0.15, 0.2) is 0 Å². The van der Waals surface area contributed by atoms with Crippen LogP contribution >= 0.6 is 0 Å². The van der Waals surface area contributed by atoms with Crippen LogP contribution in [0.2, 0.25) is 0 Å². The highest BCUT2D eigenvalue weighted by Crippen LogP contribution is 2.14. The van der Waals surface area contributed by atoms with Gasteiger partial charge in [0, 0.05) is 0 Å². The molecule has 0 radical (unpaired) electrons. The molecule has 154 valence electrons. The number of esters is 1. The number of nitrogens with one attached hydrogen (secondary N) is 1. The number of benzene rings is 2. The number of furan rings is 1. The number of nitriles is 1. The molecule has 3 rings (SSSR count). The van der Waals surface area contributed by atoms with E-state index in [1.807, 2.05) is 6.07 Å². The van der Waals surface area contributed by atoms with Gasteiger partial charge in [0.25, 0.3) is 0 Å². The normalized spacial score (nSPS) is 10.9. The SMILES string of the molecule is N#Cc1ccc(OCCOC(=O)c2cccc(S(=O)(=O)NCc3ccco3)c2)cc1.